The molecule has 1 aliphatic heterocycles. The van der Waals surface area contributed by atoms with E-state index in [9.17, 15) is 17.6 Å². The first-order valence-corrected chi connectivity index (χ1v) is 8.78. The lowest BCUT2D eigenvalue weighted by Gasteiger charge is -2.24. The lowest BCUT2D eigenvalue weighted by atomic mass is 10.0. The first-order valence-electron chi connectivity index (χ1n) is 7.34. The minimum Gasteiger partial charge on any atom is -0.469 e. The van der Waals surface area contributed by atoms with Crippen LogP contribution in [0, 0.1) is 0 Å². The van der Waals surface area contributed by atoms with E-state index in [-0.39, 0.29) is 16.9 Å². The second kappa shape index (κ2) is 6.24. The van der Waals surface area contributed by atoms with Gasteiger partial charge in [-0.25, -0.2) is 12.8 Å². The highest BCUT2D eigenvalue weighted by Crippen LogP contribution is 2.44. The summed E-state index contributed by atoms with van der Waals surface area (Å²) < 4.78 is 44.8. The van der Waals surface area contributed by atoms with Gasteiger partial charge in [-0.05, 0) is 29.3 Å². The summed E-state index contributed by atoms with van der Waals surface area (Å²) in [6.07, 6.45) is -0.118. The molecule has 24 heavy (non-hydrogen) atoms. The molecule has 0 fully saturated rings. The number of hydrogen-bond acceptors (Lipinski definition) is 4. The van der Waals surface area contributed by atoms with E-state index in [1.807, 2.05) is 0 Å². The Morgan fingerprint density at radius 1 is 1.21 bits per heavy atom. The van der Waals surface area contributed by atoms with Gasteiger partial charge in [0.05, 0.1) is 30.2 Å². The highest BCUT2D eigenvalue weighted by molar-refractivity contribution is 7.93. The van der Waals surface area contributed by atoms with Crippen LogP contribution in [0.3, 0.4) is 0 Å². The van der Waals surface area contributed by atoms with Gasteiger partial charge in [-0.2, -0.15) is 0 Å². The van der Waals surface area contributed by atoms with Crippen molar-refractivity contribution in [1.29, 1.82) is 0 Å². The number of fused-ring (bicyclic) bond motifs is 1. The van der Waals surface area contributed by atoms with Gasteiger partial charge in [0, 0.05) is 0 Å². The predicted molar refractivity (Wildman–Crippen MR) is 86.7 cm³/mol. The SMILES string of the molecule is COC(=O)CC1c2ccc(CF)cc2S(=O)(=O)N1c1ccccc1. The number of ether oxygens (including phenoxy) is 1. The van der Waals surface area contributed by atoms with Gasteiger partial charge in [0.2, 0.25) is 0 Å². The van der Waals surface area contributed by atoms with E-state index in [4.69, 9.17) is 4.74 Å². The molecule has 1 aliphatic rings. The van der Waals surface area contributed by atoms with Crippen LogP contribution in [0.15, 0.2) is 53.4 Å². The number of carbonyl (C=O) groups is 1. The van der Waals surface area contributed by atoms with Crippen molar-refractivity contribution in [2.24, 2.45) is 0 Å². The maximum absolute atomic E-state index is 13.0. The number of alkyl halides is 1. The van der Waals surface area contributed by atoms with Crippen molar-refractivity contribution >= 4 is 21.7 Å². The van der Waals surface area contributed by atoms with Crippen LogP contribution in [0.2, 0.25) is 0 Å². The highest BCUT2D eigenvalue weighted by Gasteiger charge is 2.43. The summed E-state index contributed by atoms with van der Waals surface area (Å²) in [6, 6.07) is 12.2. The van der Waals surface area contributed by atoms with Gasteiger partial charge in [-0.3, -0.25) is 9.10 Å². The molecule has 126 valence electrons. The fourth-order valence-electron chi connectivity index (χ4n) is 2.89. The Labute approximate surface area is 139 Å². The number of rotatable bonds is 4. The van der Waals surface area contributed by atoms with Crippen LogP contribution in [0.1, 0.15) is 23.6 Å². The minimum absolute atomic E-state index is 0.0374. The summed E-state index contributed by atoms with van der Waals surface area (Å²) in [5.74, 6) is -0.515. The molecule has 2 aromatic carbocycles. The molecule has 0 aliphatic carbocycles. The molecule has 0 N–H and O–H groups in total. The topological polar surface area (TPSA) is 63.7 Å². The zero-order valence-electron chi connectivity index (χ0n) is 13.0. The van der Waals surface area contributed by atoms with E-state index >= 15 is 0 Å². The molecule has 0 spiro atoms. The Morgan fingerprint density at radius 3 is 2.54 bits per heavy atom. The average Bonchev–Trinajstić information content (AvgIpc) is 2.82. The van der Waals surface area contributed by atoms with Gasteiger partial charge in [0.1, 0.15) is 6.67 Å². The normalized spacial score (nSPS) is 18.2. The fourth-order valence-corrected chi connectivity index (χ4v) is 4.82. The number of para-hydroxylation sites is 1. The lowest BCUT2D eigenvalue weighted by Crippen LogP contribution is -2.29. The Hall–Kier alpha value is -2.41. The standard InChI is InChI=1S/C17H16FNO4S/c1-23-17(20)10-15-14-8-7-12(11-18)9-16(14)24(21,22)19(15)13-5-3-2-4-6-13/h2-9,15H,10-11H2,1H3. The van der Waals surface area contributed by atoms with Crippen molar-refractivity contribution in [2.45, 2.75) is 24.0 Å². The third kappa shape index (κ3) is 2.65. The average molecular weight is 349 g/mol. The number of sulfonamides is 1. The first kappa shape index (κ1) is 16.4. The van der Waals surface area contributed by atoms with Crippen LogP contribution in [0.4, 0.5) is 10.1 Å². The van der Waals surface area contributed by atoms with Crippen molar-refractivity contribution in [1.82, 2.24) is 0 Å². The molecule has 0 saturated heterocycles. The van der Waals surface area contributed by atoms with E-state index in [1.54, 1.807) is 36.4 Å². The van der Waals surface area contributed by atoms with E-state index in [0.29, 0.717) is 11.3 Å². The van der Waals surface area contributed by atoms with Crippen LogP contribution in [0.25, 0.3) is 0 Å². The molecule has 0 bridgehead atoms. The molecule has 1 atom stereocenters. The Morgan fingerprint density at radius 2 is 1.92 bits per heavy atom. The third-order valence-electron chi connectivity index (χ3n) is 4.01. The number of halogens is 1. The van der Waals surface area contributed by atoms with E-state index in [2.05, 4.69) is 0 Å². The molecule has 1 heterocycles. The number of carbonyl (C=O) groups excluding carboxylic acids is 1. The summed E-state index contributed by atoms with van der Waals surface area (Å²) in [7, 11) is -2.62. The van der Waals surface area contributed by atoms with Gasteiger partial charge in [-0.1, -0.05) is 30.3 Å². The zero-order valence-corrected chi connectivity index (χ0v) is 13.8. The van der Waals surface area contributed by atoms with Crippen LogP contribution in [0.5, 0.6) is 0 Å². The second-order valence-electron chi connectivity index (χ2n) is 5.44. The maximum Gasteiger partial charge on any atom is 0.307 e. The summed E-state index contributed by atoms with van der Waals surface area (Å²) in [5.41, 5.74) is 1.20. The third-order valence-corrected chi connectivity index (χ3v) is 5.90. The molecule has 0 aromatic heterocycles. The van der Waals surface area contributed by atoms with Crippen molar-refractivity contribution in [2.75, 3.05) is 11.4 Å². The molecule has 0 radical (unpaired) electrons. The van der Waals surface area contributed by atoms with Crippen LogP contribution in [-0.2, 0) is 26.2 Å². The highest BCUT2D eigenvalue weighted by atomic mass is 32.2. The Kier molecular flexibility index (Phi) is 4.28. The molecular weight excluding hydrogens is 333 g/mol. The first-order chi connectivity index (χ1) is 11.5. The monoisotopic (exact) mass is 349 g/mol. The predicted octanol–water partition coefficient (Wildman–Crippen LogP) is 2.97. The molecule has 7 heteroatoms. The zero-order chi connectivity index (χ0) is 17.3. The quantitative estimate of drug-likeness (QED) is 0.796. The second-order valence-corrected chi connectivity index (χ2v) is 7.22. The van der Waals surface area contributed by atoms with Crippen LogP contribution in [-0.4, -0.2) is 21.5 Å². The number of anilines is 1. The van der Waals surface area contributed by atoms with E-state index in [0.717, 1.165) is 0 Å². The maximum atomic E-state index is 13.0. The van der Waals surface area contributed by atoms with Crippen molar-refractivity contribution in [3.05, 3.63) is 59.7 Å². The molecule has 0 saturated carbocycles. The van der Waals surface area contributed by atoms with Crippen LogP contribution < -0.4 is 4.31 Å². The Balaban J connectivity index is 2.18. The largest absolute Gasteiger partial charge is 0.469 e. The smallest absolute Gasteiger partial charge is 0.307 e. The van der Waals surface area contributed by atoms with Gasteiger partial charge in [0.25, 0.3) is 10.0 Å². The Bertz CT molecular complexity index is 867. The van der Waals surface area contributed by atoms with E-state index in [1.165, 1.54) is 23.5 Å². The number of methoxy groups -OCH3 is 1. The van der Waals surface area contributed by atoms with Gasteiger partial charge >= 0.3 is 5.97 Å². The molecule has 3 rings (SSSR count). The van der Waals surface area contributed by atoms with Crippen molar-refractivity contribution in [3.63, 3.8) is 0 Å². The van der Waals surface area contributed by atoms with Crippen molar-refractivity contribution in [3.8, 4) is 0 Å². The fraction of sp³-hybridized carbons (Fsp3) is 0.235. The number of hydrogen-bond donors (Lipinski definition) is 0. The number of nitrogens with zero attached hydrogens (tertiary/aromatic N) is 1. The van der Waals surface area contributed by atoms with Gasteiger partial charge in [-0.15, -0.1) is 0 Å². The molecule has 0 amide bonds. The molecule has 5 nitrogen and oxygen atoms in total. The number of esters is 1. The summed E-state index contributed by atoms with van der Waals surface area (Å²) in [6.45, 7) is -0.754. The van der Waals surface area contributed by atoms with Gasteiger partial charge in [0.15, 0.2) is 0 Å². The van der Waals surface area contributed by atoms with Crippen molar-refractivity contribution < 1.29 is 22.3 Å². The summed E-state index contributed by atoms with van der Waals surface area (Å²) in [5, 5.41) is 0. The molecular formula is C17H16FNO4S. The van der Waals surface area contributed by atoms with Crippen LogP contribution >= 0.6 is 0 Å². The number of benzene rings is 2. The summed E-state index contributed by atoms with van der Waals surface area (Å²) >= 11 is 0. The molecule has 1 unspecified atom stereocenters. The summed E-state index contributed by atoms with van der Waals surface area (Å²) in [4.78, 5) is 11.8. The van der Waals surface area contributed by atoms with E-state index < -0.39 is 28.7 Å². The molecule has 2 aromatic rings. The van der Waals surface area contributed by atoms with Gasteiger partial charge < -0.3 is 4.74 Å². The lowest BCUT2D eigenvalue weighted by molar-refractivity contribution is -0.141. The minimum atomic E-state index is -3.88.